The molecule has 1 saturated heterocycles. The Labute approximate surface area is 184 Å². The predicted octanol–water partition coefficient (Wildman–Crippen LogP) is 2.69. The number of amides is 2. The maximum atomic E-state index is 13.2. The largest absolute Gasteiger partial charge is 0.493 e. The molecule has 1 atom stereocenters. The molecule has 1 fully saturated rings. The zero-order chi connectivity index (χ0) is 22.7. The summed E-state index contributed by atoms with van der Waals surface area (Å²) in [5, 5.41) is 11.7. The number of aryl methyl sites for hydroxylation is 1. The fraction of sp³-hybridized carbons (Fsp3) is 0.182. The Morgan fingerprint density at radius 2 is 1.90 bits per heavy atom. The molecule has 31 heavy (non-hydrogen) atoms. The lowest BCUT2D eigenvalue weighted by atomic mass is 10.0. The van der Waals surface area contributed by atoms with Crippen LogP contribution < -0.4 is 19.7 Å². The van der Waals surface area contributed by atoms with Crippen molar-refractivity contribution in [3.63, 3.8) is 0 Å². The lowest BCUT2D eigenvalue weighted by Gasteiger charge is -2.30. The van der Waals surface area contributed by atoms with Crippen molar-refractivity contribution in [2.75, 3.05) is 12.0 Å². The first-order valence-corrected chi connectivity index (χ1v) is 9.69. The summed E-state index contributed by atoms with van der Waals surface area (Å²) >= 11 is 5.23. The molecule has 2 aromatic carbocycles. The van der Waals surface area contributed by atoms with Crippen molar-refractivity contribution < 1.29 is 29.0 Å². The molecule has 0 bridgehead atoms. The number of nitrogens with zero attached hydrogens (tertiary/aromatic N) is 1. The Bertz CT molecular complexity index is 1110. The number of hydrogen-bond acceptors (Lipinski definition) is 6. The Balaban J connectivity index is 2.09. The van der Waals surface area contributed by atoms with Crippen LogP contribution in [-0.2, 0) is 14.4 Å². The van der Waals surface area contributed by atoms with E-state index in [1.165, 1.54) is 25.0 Å². The number of nitrogens with one attached hydrogen (secondary N) is 1. The highest BCUT2D eigenvalue weighted by Gasteiger charge is 2.35. The molecule has 0 aromatic heterocycles. The molecule has 3 rings (SSSR count). The monoisotopic (exact) mass is 440 g/mol. The number of para-hydroxylation sites is 2. The second kappa shape index (κ2) is 8.97. The lowest BCUT2D eigenvalue weighted by molar-refractivity contribution is -0.144. The van der Waals surface area contributed by atoms with Gasteiger partial charge in [-0.3, -0.25) is 19.8 Å². The Morgan fingerprint density at radius 1 is 1.19 bits per heavy atom. The average Bonchev–Trinajstić information content (AvgIpc) is 2.73. The maximum Gasteiger partial charge on any atom is 0.344 e. The number of methoxy groups -OCH3 is 1. The SMILES string of the molecule is COc1cccc(/C=C2\C(=O)NC(=S)N(c3ccccc3C)C2=O)c1O[C@H](C)C(=O)O. The van der Waals surface area contributed by atoms with Crippen LogP contribution in [0.2, 0.25) is 0 Å². The van der Waals surface area contributed by atoms with Crippen molar-refractivity contribution >= 4 is 46.9 Å². The standard InChI is InChI=1S/C22H20N2O6S/c1-12-7-4-5-9-16(12)24-20(26)15(19(25)23-22(24)31)11-14-8-6-10-17(29-3)18(14)30-13(2)21(27)28/h4-11,13H,1-3H3,(H,27,28)(H,23,25,31)/b15-11+/t13-/m1/s1. The normalized spacial score (nSPS) is 16.2. The third-order valence-corrected chi connectivity index (χ3v) is 4.91. The third kappa shape index (κ3) is 4.41. The number of benzene rings is 2. The van der Waals surface area contributed by atoms with Gasteiger partial charge in [0, 0.05) is 5.56 Å². The van der Waals surface area contributed by atoms with Crippen LogP contribution in [0.1, 0.15) is 18.1 Å². The number of rotatable bonds is 6. The summed E-state index contributed by atoms with van der Waals surface area (Å²) in [4.78, 5) is 38.3. The van der Waals surface area contributed by atoms with E-state index in [0.717, 1.165) is 5.56 Å². The minimum atomic E-state index is -1.18. The first kappa shape index (κ1) is 22.0. The highest BCUT2D eigenvalue weighted by Crippen LogP contribution is 2.34. The number of carboxylic acids is 1. The highest BCUT2D eigenvalue weighted by molar-refractivity contribution is 7.80. The Hall–Kier alpha value is -3.72. The molecule has 2 amide bonds. The van der Waals surface area contributed by atoms with Gasteiger partial charge in [0.15, 0.2) is 22.7 Å². The molecule has 0 radical (unpaired) electrons. The quantitative estimate of drug-likeness (QED) is 0.404. The number of hydrogen-bond donors (Lipinski definition) is 2. The molecule has 0 spiro atoms. The molecule has 0 saturated carbocycles. The van der Waals surface area contributed by atoms with Crippen molar-refractivity contribution in [1.82, 2.24) is 5.32 Å². The van der Waals surface area contributed by atoms with Crippen molar-refractivity contribution in [2.24, 2.45) is 0 Å². The molecule has 1 aliphatic heterocycles. The number of carbonyl (C=O) groups excluding carboxylic acids is 2. The second-order valence-corrected chi connectivity index (χ2v) is 7.11. The van der Waals surface area contributed by atoms with Crippen LogP contribution in [0.3, 0.4) is 0 Å². The zero-order valence-electron chi connectivity index (χ0n) is 17.0. The van der Waals surface area contributed by atoms with E-state index in [9.17, 15) is 19.5 Å². The topological polar surface area (TPSA) is 105 Å². The molecular formula is C22H20N2O6S. The van der Waals surface area contributed by atoms with Crippen molar-refractivity contribution in [2.45, 2.75) is 20.0 Å². The second-order valence-electron chi connectivity index (χ2n) is 6.72. The number of carboxylic acid groups (broad SMARTS) is 1. The minimum absolute atomic E-state index is 0.0249. The molecule has 8 nitrogen and oxygen atoms in total. The van der Waals surface area contributed by atoms with E-state index in [2.05, 4.69) is 5.32 Å². The summed E-state index contributed by atoms with van der Waals surface area (Å²) in [6.45, 7) is 3.19. The van der Waals surface area contributed by atoms with Crippen LogP contribution in [0.5, 0.6) is 11.5 Å². The van der Waals surface area contributed by atoms with E-state index in [-0.39, 0.29) is 22.2 Å². The highest BCUT2D eigenvalue weighted by atomic mass is 32.1. The van der Waals surface area contributed by atoms with E-state index in [0.29, 0.717) is 11.3 Å². The number of anilines is 1. The van der Waals surface area contributed by atoms with Gasteiger partial charge in [0.25, 0.3) is 11.8 Å². The van der Waals surface area contributed by atoms with Gasteiger partial charge in [-0.25, -0.2) is 4.79 Å². The van der Waals surface area contributed by atoms with E-state index in [4.69, 9.17) is 21.7 Å². The van der Waals surface area contributed by atoms with Gasteiger partial charge in [-0.05, 0) is 49.8 Å². The number of ether oxygens (including phenoxy) is 2. The van der Waals surface area contributed by atoms with Gasteiger partial charge in [0.1, 0.15) is 5.57 Å². The van der Waals surface area contributed by atoms with Gasteiger partial charge < -0.3 is 14.6 Å². The fourth-order valence-electron chi connectivity index (χ4n) is 3.01. The van der Waals surface area contributed by atoms with E-state index in [1.807, 2.05) is 19.1 Å². The molecule has 2 aromatic rings. The molecule has 9 heteroatoms. The van der Waals surface area contributed by atoms with Crippen LogP contribution in [0, 0.1) is 6.92 Å². The third-order valence-electron chi connectivity index (χ3n) is 4.63. The first-order chi connectivity index (χ1) is 14.7. The van der Waals surface area contributed by atoms with Crippen LogP contribution in [0.25, 0.3) is 6.08 Å². The molecule has 2 N–H and O–H groups in total. The van der Waals surface area contributed by atoms with Crippen LogP contribution in [-0.4, -0.2) is 41.2 Å². The first-order valence-electron chi connectivity index (χ1n) is 9.28. The molecule has 160 valence electrons. The molecule has 1 heterocycles. The smallest absolute Gasteiger partial charge is 0.344 e. The van der Waals surface area contributed by atoms with Crippen molar-refractivity contribution in [1.29, 1.82) is 0 Å². The zero-order valence-corrected chi connectivity index (χ0v) is 17.9. The lowest BCUT2D eigenvalue weighted by Crippen LogP contribution is -2.54. The van der Waals surface area contributed by atoms with Gasteiger partial charge >= 0.3 is 5.97 Å². The number of thiocarbonyl (C=S) groups is 1. The van der Waals surface area contributed by atoms with Crippen LogP contribution >= 0.6 is 12.2 Å². The van der Waals surface area contributed by atoms with Crippen LogP contribution in [0.4, 0.5) is 5.69 Å². The summed E-state index contributed by atoms with van der Waals surface area (Å²) in [5.41, 5.74) is 1.47. The molecule has 1 aliphatic rings. The fourth-order valence-corrected chi connectivity index (χ4v) is 3.28. The van der Waals surface area contributed by atoms with Crippen molar-refractivity contribution in [3.05, 3.63) is 59.2 Å². The van der Waals surface area contributed by atoms with Gasteiger partial charge in [0.05, 0.1) is 12.8 Å². The summed E-state index contributed by atoms with van der Waals surface area (Å²) in [7, 11) is 1.40. The predicted molar refractivity (Wildman–Crippen MR) is 118 cm³/mol. The Morgan fingerprint density at radius 3 is 2.55 bits per heavy atom. The van der Waals surface area contributed by atoms with E-state index in [1.54, 1.807) is 30.3 Å². The van der Waals surface area contributed by atoms with E-state index < -0.39 is 23.9 Å². The summed E-state index contributed by atoms with van der Waals surface area (Å²) < 4.78 is 10.8. The summed E-state index contributed by atoms with van der Waals surface area (Å²) in [6.07, 6.45) is 0.150. The van der Waals surface area contributed by atoms with E-state index >= 15 is 0 Å². The summed E-state index contributed by atoms with van der Waals surface area (Å²) in [5.74, 6) is -2.09. The van der Waals surface area contributed by atoms with Crippen LogP contribution in [0.15, 0.2) is 48.0 Å². The van der Waals surface area contributed by atoms with Gasteiger partial charge in [-0.15, -0.1) is 0 Å². The van der Waals surface area contributed by atoms with Crippen molar-refractivity contribution in [3.8, 4) is 11.5 Å². The molecule has 0 unspecified atom stereocenters. The number of aliphatic carboxylic acids is 1. The summed E-state index contributed by atoms with van der Waals surface area (Å²) in [6, 6.07) is 12.0. The minimum Gasteiger partial charge on any atom is -0.493 e. The molecule has 0 aliphatic carbocycles. The Kier molecular flexibility index (Phi) is 6.36. The van der Waals surface area contributed by atoms with Gasteiger partial charge in [-0.2, -0.15) is 0 Å². The maximum absolute atomic E-state index is 13.2. The average molecular weight is 440 g/mol. The molecular weight excluding hydrogens is 420 g/mol. The van der Waals surface area contributed by atoms with Gasteiger partial charge in [0.2, 0.25) is 0 Å². The number of carbonyl (C=O) groups is 3. The van der Waals surface area contributed by atoms with Gasteiger partial charge in [-0.1, -0.05) is 30.3 Å².